The lowest BCUT2D eigenvalue weighted by atomic mass is 11.6. The zero-order valence-corrected chi connectivity index (χ0v) is 3.79. The lowest BCUT2D eigenvalue weighted by Gasteiger charge is -2.04. The Morgan fingerprint density at radius 3 is 2.57 bits per heavy atom. The van der Waals surface area contributed by atoms with E-state index in [0.29, 0.717) is 0 Å². The van der Waals surface area contributed by atoms with Crippen molar-refractivity contribution in [3.63, 3.8) is 0 Å². The molecule has 0 saturated heterocycles. The number of nitrogens with one attached hydrogen (secondary N) is 1. The first-order chi connectivity index (χ1) is 3.27. The number of nitrogens with zero attached hydrogens (tertiary/aromatic N) is 2. The fourth-order valence-corrected chi connectivity index (χ4v) is 0.0811. The van der Waals surface area contributed by atoms with Crippen LogP contribution in [0, 0.1) is 5.21 Å². The third-order valence-electron chi connectivity index (χ3n) is 0.212. The van der Waals surface area contributed by atoms with Crippen LogP contribution < -0.4 is 11.2 Å². The van der Waals surface area contributed by atoms with Gasteiger partial charge in [0.15, 0.2) is 0 Å². The molecule has 1 unspecified atom stereocenters. The first kappa shape index (κ1) is 6.28. The predicted molar refractivity (Wildman–Crippen MR) is 20.4 cm³/mol. The van der Waals surface area contributed by atoms with E-state index in [1.807, 2.05) is 0 Å². The SMILES string of the molecule is CN=NO[NH+](N)[O-]. The molecule has 0 fully saturated rings. The summed E-state index contributed by atoms with van der Waals surface area (Å²) in [5.41, 5.74) is 0. The first-order valence-corrected chi connectivity index (χ1v) is 1.53. The summed E-state index contributed by atoms with van der Waals surface area (Å²) in [5.74, 6) is 4.46. The molecule has 0 rings (SSSR count). The van der Waals surface area contributed by atoms with Gasteiger partial charge in [-0.05, 0) is 0 Å². The minimum atomic E-state index is -0.953. The summed E-state index contributed by atoms with van der Waals surface area (Å²) in [6, 6.07) is 0. The van der Waals surface area contributed by atoms with Crippen molar-refractivity contribution in [1.82, 2.24) is 0 Å². The second-order valence-corrected chi connectivity index (χ2v) is 0.692. The fraction of sp³-hybridized carbons (Fsp3) is 1.00. The monoisotopic (exact) mass is 106 g/mol. The molecule has 3 N–H and O–H groups in total. The van der Waals surface area contributed by atoms with Crippen molar-refractivity contribution in [2.75, 3.05) is 7.05 Å². The van der Waals surface area contributed by atoms with Gasteiger partial charge in [-0.1, -0.05) is 5.34 Å². The van der Waals surface area contributed by atoms with Gasteiger partial charge >= 0.3 is 0 Å². The molecule has 0 aliphatic heterocycles. The molecule has 0 spiro atoms. The summed E-state index contributed by atoms with van der Waals surface area (Å²) in [5, 5.41) is 14.6. The van der Waals surface area contributed by atoms with Gasteiger partial charge in [0.25, 0.3) is 0 Å². The standard InChI is InChI=1S/CH6N4O2/c1-3-4-7-5(2)6/h5H,2H2,1H3. The average Bonchev–Trinajstić information content (AvgIpc) is 1.61. The molecule has 0 heterocycles. The predicted octanol–water partition coefficient (Wildman–Crippen LogP) is -1.83. The Hall–Kier alpha value is -0.720. The summed E-state index contributed by atoms with van der Waals surface area (Å²) in [6.45, 7) is 0. The van der Waals surface area contributed by atoms with Crippen LogP contribution in [0.15, 0.2) is 10.4 Å². The minimum Gasteiger partial charge on any atom is -0.568 e. The van der Waals surface area contributed by atoms with E-state index in [2.05, 4.69) is 21.2 Å². The Bertz CT molecular complexity index is 60.7. The smallest absolute Gasteiger partial charge is 0.0855 e. The maximum absolute atomic E-state index is 9.60. The van der Waals surface area contributed by atoms with Crippen molar-refractivity contribution in [2.45, 2.75) is 0 Å². The van der Waals surface area contributed by atoms with E-state index in [1.165, 1.54) is 7.05 Å². The molecule has 0 aromatic rings. The van der Waals surface area contributed by atoms with Crippen molar-refractivity contribution in [1.29, 1.82) is 0 Å². The first-order valence-electron chi connectivity index (χ1n) is 1.53. The molecule has 0 bridgehead atoms. The molecule has 0 aromatic carbocycles. The van der Waals surface area contributed by atoms with Crippen molar-refractivity contribution >= 4 is 0 Å². The molecule has 42 valence electrons. The summed E-state index contributed by atoms with van der Waals surface area (Å²) >= 11 is 0. The second-order valence-electron chi connectivity index (χ2n) is 0.692. The molecule has 6 nitrogen and oxygen atoms in total. The van der Waals surface area contributed by atoms with E-state index in [1.54, 1.807) is 0 Å². The molecule has 7 heavy (non-hydrogen) atoms. The Labute approximate surface area is 40.0 Å². The molecule has 0 saturated carbocycles. The van der Waals surface area contributed by atoms with E-state index in [4.69, 9.17) is 0 Å². The van der Waals surface area contributed by atoms with Crippen molar-refractivity contribution in [3.05, 3.63) is 5.21 Å². The van der Waals surface area contributed by atoms with Gasteiger partial charge in [-0.15, -0.1) is 5.84 Å². The van der Waals surface area contributed by atoms with Crippen LogP contribution >= 0.6 is 0 Å². The van der Waals surface area contributed by atoms with Gasteiger partial charge in [-0.25, -0.2) is 0 Å². The highest BCUT2D eigenvalue weighted by molar-refractivity contribution is 3.87. The van der Waals surface area contributed by atoms with Crippen LogP contribution in [-0.2, 0) is 4.94 Å². The third-order valence-corrected chi connectivity index (χ3v) is 0.212. The fourth-order valence-electron chi connectivity index (χ4n) is 0.0811. The van der Waals surface area contributed by atoms with Gasteiger partial charge in [0, 0.05) is 0 Å². The van der Waals surface area contributed by atoms with Crippen LogP contribution in [0.25, 0.3) is 0 Å². The number of quaternary nitrogens is 1. The van der Waals surface area contributed by atoms with E-state index < -0.39 is 5.34 Å². The van der Waals surface area contributed by atoms with Gasteiger partial charge in [0.05, 0.1) is 12.3 Å². The van der Waals surface area contributed by atoms with Crippen LogP contribution in [0.1, 0.15) is 0 Å². The van der Waals surface area contributed by atoms with Crippen LogP contribution in [0.5, 0.6) is 0 Å². The zero-order valence-electron chi connectivity index (χ0n) is 3.79. The molecule has 0 aliphatic rings. The highest BCUT2D eigenvalue weighted by atomic mass is 17.0. The van der Waals surface area contributed by atoms with Crippen LogP contribution in [0.2, 0.25) is 0 Å². The molecule has 0 radical (unpaired) electrons. The molecule has 1 atom stereocenters. The van der Waals surface area contributed by atoms with E-state index in [9.17, 15) is 5.21 Å². The van der Waals surface area contributed by atoms with Crippen molar-refractivity contribution in [2.24, 2.45) is 16.2 Å². The Morgan fingerprint density at radius 1 is 1.86 bits per heavy atom. The number of hydrogen-bond donors (Lipinski definition) is 2. The topological polar surface area (TPSA) is 87.5 Å². The van der Waals surface area contributed by atoms with Gasteiger partial charge in [-0.2, -0.15) is 10.1 Å². The maximum atomic E-state index is 9.60. The van der Waals surface area contributed by atoms with Crippen LogP contribution in [-0.4, -0.2) is 7.05 Å². The molecule has 0 aromatic heterocycles. The normalized spacial score (nSPS) is 14.7. The van der Waals surface area contributed by atoms with Crippen LogP contribution in [0.3, 0.4) is 0 Å². The van der Waals surface area contributed by atoms with Crippen molar-refractivity contribution in [3.8, 4) is 0 Å². The van der Waals surface area contributed by atoms with Crippen LogP contribution in [0.4, 0.5) is 0 Å². The summed E-state index contributed by atoms with van der Waals surface area (Å²) in [7, 11) is 1.36. The van der Waals surface area contributed by atoms with Gasteiger partial charge < -0.3 is 5.21 Å². The lowest BCUT2D eigenvalue weighted by molar-refractivity contribution is -1.07. The second kappa shape index (κ2) is 3.47. The average molecular weight is 106 g/mol. The molecule has 0 amide bonds. The third kappa shape index (κ3) is 5.28. The quantitative estimate of drug-likeness (QED) is 0.246. The summed E-state index contributed by atoms with van der Waals surface area (Å²) < 4.78 is 0. The van der Waals surface area contributed by atoms with Gasteiger partial charge in [-0.3, -0.25) is 0 Å². The Kier molecular flexibility index (Phi) is 3.11. The lowest BCUT2D eigenvalue weighted by Crippen LogP contribution is -3.11. The van der Waals surface area contributed by atoms with E-state index in [-0.39, 0.29) is 0 Å². The van der Waals surface area contributed by atoms with Crippen molar-refractivity contribution < 1.29 is 10.3 Å². The zero-order chi connectivity index (χ0) is 5.70. The minimum absolute atomic E-state index is 0.953. The Morgan fingerprint density at radius 2 is 2.43 bits per heavy atom. The number of nitrogens with two attached hydrogens (primary N) is 1. The highest BCUT2D eigenvalue weighted by Gasteiger charge is 1.76. The van der Waals surface area contributed by atoms with Gasteiger partial charge in [0.1, 0.15) is 0 Å². The number of rotatable bonds is 2. The molecule has 6 heteroatoms. The number of hydrogen-bond acceptors (Lipinski definition) is 5. The summed E-state index contributed by atoms with van der Waals surface area (Å²) in [4.78, 5) is 3.79. The highest BCUT2D eigenvalue weighted by Crippen LogP contribution is 1.58. The van der Waals surface area contributed by atoms with E-state index in [0.717, 1.165) is 0 Å². The summed E-state index contributed by atoms with van der Waals surface area (Å²) in [6.07, 6.45) is 0. The largest absolute Gasteiger partial charge is 0.568 e. The molecular formula is CH6N4O2. The molecular weight excluding hydrogens is 100 g/mol. The van der Waals surface area contributed by atoms with Gasteiger partial charge in [0.2, 0.25) is 0 Å². The van der Waals surface area contributed by atoms with E-state index >= 15 is 0 Å². The molecule has 0 aliphatic carbocycles. The Balaban J connectivity index is 2.97. The maximum Gasteiger partial charge on any atom is 0.0855 e.